The van der Waals surface area contributed by atoms with Gasteiger partial charge in [0.15, 0.2) is 11.9 Å². The average molecular weight is 255 g/mol. The third-order valence-corrected chi connectivity index (χ3v) is 3.35. The van der Waals surface area contributed by atoms with Gasteiger partial charge in [0.25, 0.3) is 5.91 Å². The Morgan fingerprint density at radius 3 is 2.47 bits per heavy atom. The van der Waals surface area contributed by atoms with Gasteiger partial charge in [-0.05, 0) is 31.5 Å². The molecule has 0 bridgehead atoms. The Bertz CT molecular complexity index is 605. The molecule has 2 aromatic rings. The predicted octanol–water partition coefficient (Wildman–Crippen LogP) is 2.54. The van der Waals surface area contributed by atoms with Crippen molar-refractivity contribution in [2.24, 2.45) is 0 Å². The molecular weight excluding hydrogens is 236 g/mol. The van der Waals surface area contributed by atoms with E-state index in [-0.39, 0.29) is 5.91 Å². The van der Waals surface area contributed by atoms with Crippen molar-refractivity contribution in [2.45, 2.75) is 27.3 Å². The predicted molar refractivity (Wildman–Crippen MR) is 75.9 cm³/mol. The van der Waals surface area contributed by atoms with Crippen molar-refractivity contribution in [1.82, 2.24) is 0 Å². The van der Waals surface area contributed by atoms with E-state index < -0.39 is 0 Å². The fourth-order valence-corrected chi connectivity index (χ4v) is 1.98. The summed E-state index contributed by atoms with van der Waals surface area (Å²) in [6.45, 7) is 6.39. The zero-order valence-electron chi connectivity index (χ0n) is 11.6. The summed E-state index contributed by atoms with van der Waals surface area (Å²) in [7, 11) is 0. The van der Waals surface area contributed by atoms with Gasteiger partial charge in [-0.3, -0.25) is 4.79 Å². The van der Waals surface area contributed by atoms with E-state index in [0.29, 0.717) is 6.54 Å². The van der Waals surface area contributed by atoms with Crippen molar-refractivity contribution in [3.63, 3.8) is 0 Å². The van der Waals surface area contributed by atoms with Crippen LogP contribution in [0, 0.1) is 20.8 Å². The van der Waals surface area contributed by atoms with Gasteiger partial charge in [0.05, 0.1) is 0 Å². The zero-order valence-corrected chi connectivity index (χ0v) is 11.6. The Balaban J connectivity index is 2.10. The summed E-state index contributed by atoms with van der Waals surface area (Å²) in [6.07, 6.45) is 1.93. The van der Waals surface area contributed by atoms with Gasteiger partial charge >= 0.3 is 0 Å². The molecule has 1 heterocycles. The summed E-state index contributed by atoms with van der Waals surface area (Å²) < 4.78 is 1.96. The number of anilines is 1. The number of para-hydroxylation sites is 1. The summed E-state index contributed by atoms with van der Waals surface area (Å²) in [5.74, 6) is -0.00648. The first-order valence-electron chi connectivity index (χ1n) is 6.39. The Morgan fingerprint density at radius 2 is 1.74 bits per heavy atom. The molecule has 3 nitrogen and oxygen atoms in total. The van der Waals surface area contributed by atoms with Crippen molar-refractivity contribution in [3.05, 3.63) is 59.4 Å². The maximum atomic E-state index is 12.1. The first-order valence-corrected chi connectivity index (χ1v) is 6.39. The van der Waals surface area contributed by atoms with Crippen LogP contribution in [0.1, 0.15) is 16.8 Å². The van der Waals surface area contributed by atoms with Crippen LogP contribution in [-0.2, 0) is 11.3 Å². The number of rotatable bonds is 3. The van der Waals surface area contributed by atoms with Crippen LogP contribution in [0.25, 0.3) is 0 Å². The maximum absolute atomic E-state index is 12.1. The lowest BCUT2D eigenvalue weighted by molar-refractivity contribution is -0.690. The highest BCUT2D eigenvalue weighted by Gasteiger charge is 2.14. The molecule has 3 heteroatoms. The van der Waals surface area contributed by atoms with Crippen molar-refractivity contribution < 1.29 is 9.36 Å². The third-order valence-electron chi connectivity index (χ3n) is 3.35. The van der Waals surface area contributed by atoms with Crippen LogP contribution >= 0.6 is 0 Å². The molecule has 2 rings (SSSR count). The fraction of sp³-hybridized carbons (Fsp3) is 0.250. The molecule has 0 saturated heterocycles. The Hall–Kier alpha value is -2.16. The smallest absolute Gasteiger partial charge is 0.290 e. The minimum Gasteiger partial charge on any atom is -0.320 e. The van der Waals surface area contributed by atoms with E-state index in [2.05, 4.69) is 5.32 Å². The number of nitrogens with one attached hydrogen (secondary N) is 1. The minimum atomic E-state index is -0.00648. The molecule has 1 amide bonds. The number of pyridine rings is 1. The molecule has 1 aromatic carbocycles. The van der Waals surface area contributed by atoms with Crippen LogP contribution in [0.2, 0.25) is 0 Å². The van der Waals surface area contributed by atoms with E-state index in [9.17, 15) is 4.79 Å². The van der Waals surface area contributed by atoms with Crippen molar-refractivity contribution in [3.8, 4) is 0 Å². The number of aryl methyl sites for hydroxylation is 2. The number of carbonyl (C=O) groups excluding carboxylic acids is 1. The summed E-state index contributed by atoms with van der Waals surface area (Å²) in [6, 6.07) is 11.8. The molecule has 0 aliphatic rings. The zero-order chi connectivity index (χ0) is 13.8. The number of hydrogen-bond donors (Lipinski definition) is 1. The van der Waals surface area contributed by atoms with Crippen LogP contribution in [0.4, 0.5) is 5.69 Å². The monoisotopic (exact) mass is 255 g/mol. The fourth-order valence-electron chi connectivity index (χ4n) is 1.98. The van der Waals surface area contributed by atoms with Crippen LogP contribution in [0.15, 0.2) is 42.6 Å². The topological polar surface area (TPSA) is 33.0 Å². The second-order valence-electron chi connectivity index (χ2n) is 4.77. The molecule has 0 aliphatic heterocycles. The lowest BCUT2D eigenvalue weighted by Crippen LogP contribution is -2.43. The largest absolute Gasteiger partial charge is 0.320 e. The summed E-state index contributed by atoms with van der Waals surface area (Å²) in [5.41, 5.74) is 4.24. The van der Waals surface area contributed by atoms with Gasteiger partial charge in [0.2, 0.25) is 6.54 Å². The molecular formula is C16H19N2O+. The van der Waals surface area contributed by atoms with Gasteiger partial charge in [0.1, 0.15) is 0 Å². The van der Waals surface area contributed by atoms with Crippen LogP contribution in [-0.4, -0.2) is 5.91 Å². The van der Waals surface area contributed by atoms with Gasteiger partial charge < -0.3 is 5.32 Å². The highest BCUT2D eigenvalue weighted by Crippen LogP contribution is 2.12. The third kappa shape index (κ3) is 3.19. The second kappa shape index (κ2) is 5.65. The van der Waals surface area contributed by atoms with E-state index in [1.54, 1.807) is 0 Å². The normalized spacial score (nSPS) is 10.3. The molecule has 0 unspecified atom stereocenters. The van der Waals surface area contributed by atoms with Gasteiger partial charge in [-0.25, -0.2) is 0 Å². The molecule has 0 aliphatic carbocycles. The summed E-state index contributed by atoms with van der Waals surface area (Å²) in [5, 5.41) is 2.95. The first-order chi connectivity index (χ1) is 9.08. The minimum absolute atomic E-state index is 0.00648. The number of aromatic nitrogens is 1. The lowest BCUT2D eigenvalue weighted by Gasteiger charge is -2.07. The quantitative estimate of drug-likeness (QED) is 0.840. The highest BCUT2D eigenvalue weighted by molar-refractivity contribution is 5.90. The van der Waals surface area contributed by atoms with Gasteiger partial charge in [-0.2, -0.15) is 4.57 Å². The van der Waals surface area contributed by atoms with E-state index >= 15 is 0 Å². The number of carbonyl (C=O) groups is 1. The molecule has 1 N–H and O–H groups in total. The molecule has 98 valence electrons. The molecule has 0 spiro atoms. The van der Waals surface area contributed by atoms with Crippen LogP contribution in [0.3, 0.4) is 0 Å². The summed E-state index contributed by atoms with van der Waals surface area (Å²) >= 11 is 0. The van der Waals surface area contributed by atoms with E-state index in [1.807, 2.05) is 67.9 Å². The molecule has 19 heavy (non-hydrogen) atoms. The molecule has 0 saturated carbocycles. The van der Waals surface area contributed by atoms with Gasteiger partial charge in [-0.15, -0.1) is 0 Å². The standard InChI is InChI=1S/C16H18N2O/c1-12-8-6-10-18(14(12)3)11-16(19)17-15-9-5-4-7-13(15)2/h4-10H,11H2,1-3H3/p+1. The van der Waals surface area contributed by atoms with E-state index in [1.165, 1.54) is 5.56 Å². The van der Waals surface area contributed by atoms with Gasteiger partial charge in [0, 0.05) is 24.2 Å². The average Bonchev–Trinajstić information content (AvgIpc) is 2.38. The number of nitrogens with zero attached hydrogens (tertiary/aromatic N) is 1. The Labute approximate surface area is 113 Å². The Kier molecular flexibility index (Phi) is 3.95. The van der Waals surface area contributed by atoms with Crippen molar-refractivity contribution >= 4 is 11.6 Å². The van der Waals surface area contributed by atoms with Crippen molar-refractivity contribution in [2.75, 3.05) is 5.32 Å². The lowest BCUT2D eigenvalue weighted by atomic mass is 10.2. The highest BCUT2D eigenvalue weighted by atomic mass is 16.1. The Morgan fingerprint density at radius 1 is 1.05 bits per heavy atom. The van der Waals surface area contributed by atoms with Crippen LogP contribution in [0.5, 0.6) is 0 Å². The van der Waals surface area contributed by atoms with Crippen LogP contribution < -0.4 is 9.88 Å². The first kappa shape index (κ1) is 13.3. The molecule has 0 atom stereocenters. The second-order valence-corrected chi connectivity index (χ2v) is 4.77. The number of benzene rings is 1. The molecule has 0 fully saturated rings. The van der Waals surface area contributed by atoms with Crippen molar-refractivity contribution in [1.29, 1.82) is 0 Å². The molecule has 1 aromatic heterocycles. The maximum Gasteiger partial charge on any atom is 0.290 e. The van der Waals surface area contributed by atoms with Gasteiger partial charge in [-0.1, -0.05) is 18.2 Å². The number of amides is 1. The summed E-state index contributed by atoms with van der Waals surface area (Å²) in [4.78, 5) is 12.1. The van der Waals surface area contributed by atoms with E-state index in [0.717, 1.165) is 16.9 Å². The molecule has 0 radical (unpaired) electrons. The van der Waals surface area contributed by atoms with E-state index in [4.69, 9.17) is 0 Å². The SMILES string of the molecule is Cc1ccccc1NC(=O)C[n+]1cccc(C)c1C. The number of hydrogen-bond acceptors (Lipinski definition) is 1.